The van der Waals surface area contributed by atoms with Gasteiger partial charge in [-0.1, -0.05) is 26.2 Å². The molecule has 1 saturated heterocycles. The lowest BCUT2D eigenvalue weighted by Crippen LogP contribution is -2.19. The highest BCUT2D eigenvalue weighted by Crippen LogP contribution is 2.24. The number of esters is 1. The molecule has 1 amide bonds. The number of benzene rings is 1. The molecule has 29 heavy (non-hydrogen) atoms. The maximum Gasteiger partial charge on any atom is 0.331 e. The molecule has 7 nitrogen and oxygen atoms in total. The van der Waals surface area contributed by atoms with Gasteiger partial charge in [0.1, 0.15) is 0 Å². The molecule has 0 radical (unpaired) electrons. The van der Waals surface area contributed by atoms with E-state index in [1.165, 1.54) is 19.4 Å². The minimum atomic E-state index is -1.06. The summed E-state index contributed by atoms with van der Waals surface area (Å²) in [7, 11) is 1.20. The summed E-state index contributed by atoms with van der Waals surface area (Å²) in [6.07, 6.45) is 6.06. The molecule has 2 rings (SSSR count). The number of nitrogens with zero attached hydrogens (tertiary/aromatic N) is 2. The summed E-state index contributed by atoms with van der Waals surface area (Å²) in [5, 5.41) is 10.1. The Hall–Kier alpha value is -2.75. The van der Waals surface area contributed by atoms with Crippen molar-refractivity contribution in [2.45, 2.75) is 32.6 Å². The molecule has 1 aliphatic heterocycles. The summed E-state index contributed by atoms with van der Waals surface area (Å²) in [5.41, 5.74) is 0.247. The number of methoxy groups -OCH3 is 1. The largest absolute Gasteiger partial charge is 0.490 e. The number of carbonyl (C=O) groups is 2. The number of halogens is 2. The van der Waals surface area contributed by atoms with Gasteiger partial charge in [0.2, 0.25) is 5.82 Å². The lowest BCUT2D eigenvalue weighted by molar-refractivity contribution is -0.135. The molecule has 1 aromatic carbocycles. The molecule has 1 aliphatic rings. The third-order valence-electron chi connectivity index (χ3n) is 3.73. The van der Waals surface area contributed by atoms with Crippen molar-refractivity contribution in [1.29, 1.82) is 0 Å². The summed E-state index contributed by atoms with van der Waals surface area (Å²) < 4.78 is 37.5. The Bertz CT molecular complexity index is 856. The number of thioether (sulfide) groups is 1. The summed E-state index contributed by atoms with van der Waals surface area (Å²) in [6.45, 7) is 2.37. The summed E-state index contributed by atoms with van der Waals surface area (Å²) in [5.74, 6) is -3.49. The van der Waals surface area contributed by atoms with Crippen LogP contribution in [0.5, 0.6) is 5.75 Å². The highest BCUT2D eigenvalue weighted by atomic mass is 32.2. The van der Waals surface area contributed by atoms with Crippen LogP contribution in [-0.4, -0.2) is 37.0 Å². The zero-order valence-electron chi connectivity index (χ0n) is 16.0. The Labute approximate surface area is 171 Å². The van der Waals surface area contributed by atoms with E-state index in [1.807, 2.05) is 0 Å². The second-order valence-electron chi connectivity index (χ2n) is 5.96. The minimum absolute atomic E-state index is 0.109. The average molecular weight is 425 g/mol. The molecule has 10 heteroatoms. The third kappa shape index (κ3) is 6.97. The summed E-state index contributed by atoms with van der Waals surface area (Å²) in [4.78, 5) is 23.0. The predicted octanol–water partition coefficient (Wildman–Crippen LogP) is 3.53. The van der Waals surface area contributed by atoms with E-state index in [-0.39, 0.29) is 28.0 Å². The number of nitrogens with one attached hydrogen (secondary N) is 1. The second-order valence-corrected chi connectivity index (χ2v) is 6.99. The first-order valence-electron chi connectivity index (χ1n) is 8.96. The molecule has 1 aromatic rings. The van der Waals surface area contributed by atoms with E-state index in [0.717, 1.165) is 49.6 Å². The van der Waals surface area contributed by atoms with Crippen molar-refractivity contribution in [2.75, 3.05) is 13.7 Å². The highest BCUT2D eigenvalue weighted by Gasteiger charge is 2.25. The van der Waals surface area contributed by atoms with Crippen LogP contribution in [0.15, 0.2) is 33.3 Å². The Kier molecular flexibility index (Phi) is 8.78. The van der Waals surface area contributed by atoms with Crippen molar-refractivity contribution in [1.82, 2.24) is 5.32 Å². The third-order valence-corrected chi connectivity index (χ3v) is 4.63. The number of hydrogen-bond acceptors (Lipinski definition) is 7. The van der Waals surface area contributed by atoms with Crippen LogP contribution in [0, 0.1) is 11.6 Å². The fourth-order valence-electron chi connectivity index (χ4n) is 2.26. The number of amides is 1. The van der Waals surface area contributed by atoms with Crippen LogP contribution in [0.3, 0.4) is 0 Å². The zero-order valence-corrected chi connectivity index (χ0v) is 16.9. The number of carbonyl (C=O) groups excluding carboxylic acids is 2. The number of unbranched alkanes of at least 4 members (excludes halogenated alkanes) is 3. The minimum Gasteiger partial charge on any atom is -0.490 e. The quantitative estimate of drug-likeness (QED) is 0.215. The topological polar surface area (TPSA) is 89.4 Å². The number of amidine groups is 1. The lowest BCUT2D eigenvalue weighted by atomic mass is 10.2. The molecular weight excluding hydrogens is 404 g/mol. The molecular formula is C19H21F2N3O4S. The SMILES string of the molecule is CCCCCCOc1cc(C=N/N=C2/NC(=O)/C(=C\C(=O)OC)S2)cc(F)c1F. The van der Waals surface area contributed by atoms with Crippen LogP contribution < -0.4 is 10.1 Å². The monoisotopic (exact) mass is 425 g/mol. The molecule has 0 bridgehead atoms. The number of ether oxygens (including phenoxy) is 2. The van der Waals surface area contributed by atoms with Gasteiger partial charge in [0.25, 0.3) is 5.91 Å². The summed E-state index contributed by atoms with van der Waals surface area (Å²) in [6, 6.07) is 2.29. The van der Waals surface area contributed by atoms with E-state index >= 15 is 0 Å². The Morgan fingerprint density at radius 2 is 2.07 bits per heavy atom. The van der Waals surface area contributed by atoms with Crippen molar-refractivity contribution in [3.8, 4) is 5.75 Å². The standard InChI is InChI=1S/C19H21F2N3O4S/c1-3-4-5-6-7-28-14-9-12(8-13(20)17(14)21)11-22-24-19-23-18(26)15(29-19)10-16(25)27-2/h8-11H,3-7H2,1-2H3,(H,23,24,26)/b15-10+,22-11?. The average Bonchev–Trinajstić information content (AvgIpc) is 3.04. The molecule has 1 N–H and O–H groups in total. The zero-order chi connectivity index (χ0) is 21.2. The van der Waals surface area contributed by atoms with Gasteiger partial charge in [-0.05, 0) is 30.3 Å². The van der Waals surface area contributed by atoms with E-state index in [2.05, 4.69) is 27.2 Å². The first-order valence-corrected chi connectivity index (χ1v) is 9.78. The molecule has 0 saturated carbocycles. The molecule has 156 valence electrons. The fraction of sp³-hybridized carbons (Fsp3) is 0.368. The van der Waals surface area contributed by atoms with Crippen molar-refractivity contribution in [3.05, 3.63) is 40.3 Å². The fourth-order valence-corrected chi connectivity index (χ4v) is 3.00. The molecule has 0 aromatic heterocycles. The van der Waals surface area contributed by atoms with E-state index in [0.29, 0.717) is 0 Å². The van der Waals surface area contributed by atoms with Crippen molar-refractivity contribution < 1.29 is 27.8 Å². The molecule has 0 atom stereocenters. The summed E-state index contributed by atoms with van der Waals surface area (Å²) >= 11 is 0.901. The van der Waals surface area contributed by atoms with E-state index in [9.17, 15) is 18.4 Å². The maximum atomic E-state index is 13.9. The molecule has 1 fully saturated rings. The van der Waals surface area contributed by atoms with Gasteiger partial charge in [-0.15, -0.1) is 5.10 Å². The van der Waals surface area contributed by atoms with Gasteiger partial charge in [-0.2, -0.15) is 9.49 Å². The van der Waals surface area contributed by atoms with Crippen LogP contribution in [0.1, 0.15) is 38.2 Å². The van der Waals surface area contributed by atoms with Crippen LogP contribution in [0.25, 0.3) is 0 Å². The van der Waals surface area contributed by atoms with Crippen molar-refractivity contribution in [3.63, 3.8) is 0 Å². The Morgan fingerprint density at radius 1 is 1.28 bits per heavy atom. The van der Waals surface area contributed by atoms with E-state index in [4.69, 9.17) is 4.74 Å². The predicted molar refractivity (Wildman–Crippen MR) is 107 cm³/mol. The second kappa shape index (κ2) is 11.3. The van der Waals surface area contributed by atoms with Crippen molar-refractivity contribution >= 4 is 35.0 Å². The molecule has 0 unspecified atom stereocenters. The van der Waals surface area contributed by atoms with Gasteiger partial charge in [0, 0.05) is 11.6 Å². The maximum absolute atomic E-state index is 13.9. The van der Waals surface area contributed by atoms with Gasteiger partial charge in [0.05, 0.1) is 24.8 Å². The van der Waals surface area contributed by atoms with Crippen molar-refractivity contribution in [2.24, 2.45) is 10.2 Å². The van der Waals surface area contributed by atoms with E-state index in [1.54, 1.807) is 0 Å². The molecule has 0 spiro atoms. The number of rotatable bonds is 9. The van der Waals surface area contributed by atoms with Gasteiger partial charge in [-0.3, -0.25) is 10.1 Å². The number of hydrogen-bond donors (Lipinski definition) is 1. The lowest BCUT2D eigenvalue weighted by Gasteiger charge is -2.08. The molecule has 1 heterocycles. The normalized spacial score (nSPS) is 16.6. The Balaban J connectivity index is 2.03. The van der Waals surface area contributed by atoms with Gasteiger partial charge >= 0.3 is 5.97 Å². The van der Waals surface area contributed by atoms with Gasteiger partial charge in [0.15, 0.2) is 16.7 Å². The van der Waals surface area contributed by atoms with Crippen LogP contribution >= 0.6 is 11.8 Å². The van der Waals surface area contributed by atoms with Crippen LogP contribution in [0.2, 0.25) is 0 Å². The highest BCUT2D eigenvalue weighted by molar-refractivity contribution is 8.18. The van der Waals surface area contributed by atoms with Crippen LogP contribution in [0.4, 0.5) is 8.78 Å². The molecule has 0 aliphatic carbocycles. The van der Waals surface area contributed by atoms with Gasteiger partial charge in [-0.25, -0.2) is 9.18 Å². The Morgan fingerprint density at radius 3 is 2.79 bits per heavy atom. The first-order chi connectivity index (χ1) is 13.9. The van der Waals surface area contributed by atoms with Crippen LogP contribution in [-0.2, 0) is 14.3 Å². The van der Waals surface area contributed by atoms with Gasteiger partial charge < -0.3 is 9.47 Å². The van der Waals surface area contributed by atoms with E-state index < -0.39 is 23.5 Å². The first kappa shape index (κ1) is 22.5. The smallest absolute Gasteiger partial charge is 0.331 e.